The Morgan fingerprint density at radius 3 is 2.82 bits per heavy atom. The van der Waals surface area contributed by atoms with Crippen LogP contribution in [0.25, 0.3) is 0 Å². The second kappa shape index (κ2) is 5.17. The fraction of sp³-hybridized carbons (Fsp3) is 0.615. The fourth-order valence-electron chi connectivity index (χ4n) is 2.49. The molecule has 4 heteroatoms. The van der Waals surface area contributed by atoms with Crippen LogP contribution < -0.4 is 10.2 Å². The molecule has 0 spiro atoms. The van der Waals surface area contributed by atoms with Crippen LogP contribution in [-0.4, -0.2) is 35.6 Å². The molecule has 2 fully saturated rings. The third kappa shape index (κ3) is 2.68. The number of anilines is 2. The number of rotatable bonds is 3. The first-order valence-corrected chi connectivity index (χ1v) is 7.62. The Bertz CT molecular complexity index is 353. The highest BCUT2D eigenvalue weighted by molar-refractivity contribution is 7.99. The van der Waals surface area contributed by atoms with Gasteiger partial charge in [0.25, 0.3) is 0 Å². The number of nitrogens with one attached hydrogen (secondary N) is 1. The molecule has 0 radical (unpaired) electrons. The van der Waals surface area contributed by atoms with Gasteiger partial charge >= 0.3 is 0 Å². The van der Waals surface area contributed by atoms with Crippen LogP contribution in [0.1, 0.15) is 19.3 Å². The highest BCUT2D eigenvalue weighted by atomic mass is 32.2. The highest BCUT2D eigenvalue weighted by Gasteiger charge is 2.16. The van der Waals surface area contributed by atoms with Gasteiger partial charge in [-0.3, -0.25) is 0 Å². The summed E-state index contributed by atoms with van der Waals surface area (Å²) >= 11 is 2.03. The van der Waals surface area contributed by atoms with E-state index >= 15 is 0 Å². The summed E-state index contributed by atoms with van der Waals surface area (Å²) in [4.78, 5) is 6.93. The maximum absolute atomic E-state index is 4.56. The van der Waals surface area contributed by atoms with Gasteiger partial charge in [0.05, 0.1) is 11.9 Å². The van der Waals surface area contributed by atoms with Crippen molar-refractivity contribution in [2.45, 2.75) is 25.3 Å². The van der Waals surface area contributed by atoms with Gasteiger partial charge in [-0.15, -0.1) is 0 Å². The first-order valence-electron chi connectivity index (χ1n) is 6.47. The molecule has 2 aliphatic rings. The van der Waals surface area contributed by atoms with E-state index in [1.165, 1.54) is 49.5 Å². The van der Waals surface area contributed by atoms with E-state index in [4.69, 9.17) is 0 Å². The van der Waals surface area contributed by atoms with E-state index < -0.39 is 0 Å². The van der Waals surface area contributed by atoms with Gasteiger partial charge in [-0.25, -0.2) is 4.98 Å². The van der Waals surface area contributed by atoms with E-state index in [2.05, 4.69) is 27.3 Å². The van der Waals surface area contributed by atoms with Gasteiger partial charge in [-0.1, -0.05) is 0 Å². The van der Waals surface area contributed by atoms with Crippen molar-refractivity contribution < 1.29 is 0 Å². The lowest BCUT2D eigenvalue weighted by molar-refractivity contribution is 0.811. The lowest BCUT2D eigenvalue weighted by atomic mass is 10.2. The molecular weight excluding hydrogens is 230 g/mol. The molecule has 2 saturated heterocycles. The lowest BCUT2D eigenvalue weighted by Gasteiger charge is -2.17. The number of nitrogens with zero attached hydrogens (tertiary/aromatic N) is 2. The summed E-state index contributed by atoms with van der Waals surface area (Å²) in [5.74, 6) is 3.65. The van der Waals surface area contributed by atoms with E-state index in [-0.39, 0.29) is 0 Å². The van der Waals surface area contributed by atoms with Gasteiger partial charge in [0.15, 0.2) is 0 Å². The van der Waals surface area contributed by atoms with Gasteiger partial charge in [-0.05, 0) is 37.1 Å². The van der Waals surface area contributed by atoms with Crippen molar-refractivity contribution in [1.29, 1.82) is 0 Å². The van der Waals surface area contributed by atoms with Crippen LogP contribution in [0.3, 0.4) is 0 Å². The molecule has 1 atom stereocenters. The summed E-state index contributed by atoms with van der Waals surface area (Å²) in [5.41, 5.74) is 1.17. The van der Waals surface area contributed by atoms with Crippen LogP contribution in [0.5, 0.6) is 0 Å². The standard InChI is InChI=1S/C13H19N3S/c1-2-7-16(6-1)13-4-3-11(9-14-13)15-12-5-8-17-10-12/h3-4,9,12,15H,1-2,5-8,10H2. The fourth-order valence-corrected chi connectivity index (χ4v) is 3.64. The van der Waals surface area contributed by atoms with Gasteiger partial charge in [0.1, 0.15) is 5.82 Å². The molecule has 1 aromatic rings. The summed E-state index contributed by atoms with van der Waals surface area (Å²) in [7, 11) is 0. The molecule has 1 N–H and O–H groups in total. The van der Waals surface area contributed by atoms with Gasteiger partial charge in [-0.2, -0.15) is 11.8 Å². The van der Waals surface area contributed by atoms with Crippen LogP contribution in [0, 0.1) is 0 Å². The molecule has 3 nitrogen and oxygen atoms in total. The van der Waals surface area contributed by atoms with Crippen LogP contribution in [0.4, 0.5) is 11.5 Å². The Hall–Kier alpha value is -0.900. The molecule has 92 valence electrons. The van der Waals surface area contributed by atoms with Crippen molar-refractivity contribution in [3.05, 3.63) is 18.3 Å². The van der Waals surface area contributed by atoms with Crippen molar-refractivity contribution in [2.24, 2.45) is 0 Å². The Balaban J connectivity index is 1.62. The number of hydrogen-bond donors (Lipinski definition) is 1. The summed E-state index contributed by atoms with van der Waals surface area (Å²) in [6.45, 7) is 2.33. The minimum atomic E-state index is 0.638. The van der Waals surface area contributed by atoms with Gasteiger partial charge in [0.2, 0.25) is 0 Å². The molecule has 0 aliphatic carbocycles. The predicted molar refractivity (Wildman–Crippen MR) is 75.0 cm³/mol. The average Bonchev–Trinajstić information content (AvgIpc) is 3.01. The van der Waals surface area contributed by atoms with Gasteiger partial charge < -0.3 is 10.2 Å². The molecular formula is C13H19N3S. The predicted octanol–water partition coefficient (Wildman–Crippen LogP) is 2.60. The second-order valence-corrected chi connectivity index (χ2v) is 5.95. The third-order valence-corrected chi connectivity index (χ3v) is 4.64. The monoisotopic (exact) mass is 249 g/mol. The second-order valence-electron chi connectivity index (χ2n) is 4.80. The topological polar surface area (TPSA) is 28.2 Å². The first kappa shape index (κ1) is 11.2. The molecule has 1 aromatic heterocycles. The zero-order valence-electron chi connectivity index (χ0n) is 10.1. The number of aromatic nitrogens is 1. The summed E-state index contributed by atoms with van der Waals surface area (Å²) in [5, 5.41) is 3.56. The maximum Gasteiger partial charge on any atom is 0.128 e. The molecule has 0 amide bonds. The Morgan fingerprint density at radius 1 is 1.29 bits per heavy atom. The van der Waals surface area contributed by atoms with E-state index in [1.54, 1.807) is 0 Å². The SMILES string of the molecule is c1cc(N2CCCC2)ncc1NC1CCSC1. The van der Waals surface area contributed by atoms with E-state index in [1.807, 2.05) is 18.0 Å². The summed E-state index contributed by atoms with van der Waals surface area (Å²) in [6.07, 6.45) is 5.87. The van der Waals surface area contributed by atoms with Crippen molar-refractivity contribution in [3.63, 3.8) is 0 Å². The van der Waals surface area contributed by atoms with E-state index in [9.17, 15) is 0 Å². The Kier molecular flexibility index (Phi) is 3.41. The van der Waals surface area contributed by atoms with Crippen LogP contribution in [0.15, 0.2) is 18.3 Å². The average molecular weight is 249 g/mol. The number of hydrogen-bond acceptors (Lipinski definition) is 4. The third-order valence-electron chi connectivity index (χ3n) is 3.48. The normalized spacial score (nSPS) is 24.2. The lowest BCUT2D eigenvalue weighted by Crippen LogP contribution is -2.20. The zero-order valence-corrected chi connectivity index (χ0v) is 10.9. The van der Waals surface area contributed by atoms with Crippen molar-refractivity contribution in [3.8, 4) is 0 Å². The minimum Gasteiger partial charge on any atom is -0.380 e. The van der Waals surface area contributed by atoms with Crippen LogP contribution in [-0.2, 0) is 0 Å². The molecule has 2 aliphatic heterocycles. The first-order chi connectivity index (χ1) is 8.42. The Labute approximate surface area is 107 Å². The van der Waals surface area contributed by atoms with Crippen molar-refractivity contribution in [1.82, 2.24) is 4.98 Å². The van der Waals surface area contributed by atoms with Crippen molar-refractivity contribution in [2.75, 3.05) is 34.8 Å². The summed E-state index contributed by atoms with van der Waals surface area (Å²) in [6, 6.07) is 4.96. The maximum atomic E-state index is 4.56. The zero-order chi connectivity index (χ0) is 11.5. The molecule has 3 heterocycles. The summed E-state index contributed by atoms with van der Waals surface area (Å²) < 4.78 is 0. The quantitative estimate of drug-likeness (QED) is 0.891. The van der Waals surface area contributed by atoms with E-state index in [0.717, 1.165) is 5.82 Å². The smallest absolute Gasteiger partial charge is 0.128 e. The molecule has 1 unspecified atom stereocenters. The molecule has 0 bridgehead atoms. The minimum absolute atomic E-state index is 0.638. The molecule has 0 aromatic carbocycles. The molecule has 3 rings (SSSR count). The van der Waals surface area contributed by atoms with E-state index in [0.29, 0.717) is 6.04 Å². The molecule has 0 saturated carbocycles. The number of pyridine rings is 1. The molecule has 17 heavy (non-hydrogen) atoms. The van der Waals surface area contributed by atoms with Gasteiger partial charge in [0, 0.05) is 24.9 Å². The van der Waals surface area contributed by atoms with Crippen molar-refractivity contribution >= 4 is 23.3 Å². The Morgan fingerprint density at radius 2 is 2.18 bits per heavy atom. The van der Waals surface area contributed by atoms with Crippen LogP contribution in [0.2, 0.25) is 0 Å². The number of thioether (sulfide) groups is 1. The largest absolute Gasteiger partial charge is 0.380 e. The van der Waals surface area contributed by atoms with Crippen LogP contribution >= 0.6 is 11.8 Å². The highest BCUT2D eigenvalue weighted by Crippen LogP contribution is 2.23.